The lowest BCUT2D eigenvalue weighted by molar-refractivity contribution is -0.137. The van der Waals surface area contributed by atoms with Gasteiger partial charge in [0.1, 0.15) is 30.6 Å². The molecule has 32 heavy (non-hydrogen) atoms. The second-order valence-corrected chi connectivity index (χ2v) is 7.41. The lowest BCUT2D eigenvalue weighted by atomic mass is 9.99. The molecule has 0 amide bonds. The van der Waals surface area contributed by atoms with Crippen molar-refractivity contribution >= 4 is 23.6 Å². The van der Waals surface area contributed by atoms with Gasteiger partial charge in [-0.2, -0.15) is 5.26 Å². The molecule has 170 valence electrons. The second kappa shape index (κ2) is 12.6. The van der Waals surface area contributed by atoms with Crippen LogP contribution in [0.1, 0.15) is 44.2 Å². The summed E-state index contributed by atoms with van der Waals surface area (Å²) in [6, 6.07) is 13.1. The number of methoxy groups -OCH3 is 1. The highest BCUT2D eigenvalue weighted by molar-refractivity contribution is 6.32. The third-order valence-corrected chi connectivity index (χ3v) is 5.12. The van der Waals surface area contributed by atoms with Gasteiger partial charge in [-0.25, -0.2) is 4.79 Å². The van der Waals surface area contributed by atoms with Gasteiger partial charge >= 0.3 is 5.97 Å². The lowest BCUT2D eigenvalue weighted by Crippen LogP contribution is -2.10. The lowest BCUT2D eigenvalue weighted by Gasteiger charge is -2.14. The number of rotatable bonds is 11. The minimum absolute atomic E-state index is 0.133. The van der Waals surface area contributed by atoms with E-state index in [9.17, 15) is 10.1 Å². The molecule has 1 atom stereocenters. The number of nitriles is 1. The Morgan fingerprint density at radius 3 is 2.44 bits per heavy atom. The summed E-state index contributed by atoms with van der Waals surface area (Å²) in [6.45, 7) is 6.79. The average molecular weight is 458 g/mol. The molecule has 0 heterocycles. The first-order valence-corrected chi connectivity index (χ1v) is 10.8. The van der Waals surface area contributed by atoms with Crippen molar-refractivity contribution in [2.45, 2.75) is 33.1 Å². The zero-order chi connectivity index (χ0) is 23.5. The van der Waals surface area contributed by atoms with Gasteiger partial charge in [-0.05, 0) is 60.7 Å². The zero-order valence-electron chi connectivity index (χ0n) is 18.8. The van der Waals surface area contributed by atoms with Crippen LogP contribution in [0, 0.1) is 11.3 Å². The first-order chi connectivity index (χ1) is 15.4. The number of hydrogen-bond donors (Lipinski definition) is 0. The van der Waals surface area contributed by atoms with Gasteiger partial charge in [0.2, 0.25) is 0 Å². The molecule has 7 heteroatoms. The summed E-state index contributed by atoms with van der Waals surface area (Å²) < 4.78 is 21.8. The smallest absolute Gasteiger partial charge is 0.348 e. The topological polar surface area (TPSA) is 77.8 Å². The normalized spacial score (nSPS) is 11.9. The van der Waals surface area contributed by atoms with Crippen LogP contribution >= 0.6 is 11.6 Å². The van der Waals surface area contributed by atoms with E-state index in [-0.39, 0.29) is 23.8 Å². The van der Waals surface area contributed by atoms with E-state index in [0.717, 1.165) is 12.2 Å². The maximum Gasteiger partial charge on any atom is 0.348 e. The van der Waals surface area contributed by atoms with Crippen LogP contribution in [0.2, 0.25) is 5.02 Å². The number of carbonyl (C=O) groups is 1. The summed E-state index contributed by atoms with van der Waals surface area (Å²) in [5.41, 5.74) is 1.66. The molecule has 0 spiro atoms. The van der Waals surface area contributed by atoms with E-state index in [1.807, 2.05) is 18.2 Å². The van der Waals surface area contributed by atoms with Crippen LogP contribution in [0.15, 0.2) is 42.0 Å². The van der Waals surface area contributed by atoms with Crippen LogP contribution in [0.3, 0.4) is 0 Å². The van der Waals surface area contributed by atoms with E-state index in [2.05, 4.69) is 26.0 Å². The Morgan fingerprint density at radius 2 is 1.84 bits per heavy atom. The Morgan fingerprint density at radius 1 is 1.16 bits per heavy atom. The van der Waals surface area contributed by atoms with Gasteiger partial charge in [-0.15, -0.1) is 0 Å². The summed E-state index contributed by atoms with van der Waals surface area (Å²) in [4.78, 5) is 11.8. The van der Waals surface area contributed by atoms with E-state index in [0.29, 0.717) is 29.6 Å². The number of nitrogens with zero attached hydrogens (tertiary/aromatic N) is 1. The standard InChI is InChI=1S/C25H28ClNO5/c1-5-17(3)19-7-9-21(10-8-19)31-11-12-32-24-22(26)14-18(15-23(24)29-4)13-20(16-27)25(28)30-6-2/h7-10,13-15,17H,5-6,11-12H2,1-4H3/b20-13+. The Hall–Kier alpha value is -3.17. The van der Waals surface area contributed by atoms with E-state index in [1.165, 1.54) is 18.7 Å². The highest BCUT2D eigenvalue weighted by Gasteiger charge is 2.15. The first kappa shape index (κ1) is 25.1. The van der Waals surface area contributed by atoms with Gasteiger partial charge in [-0.3, -0.25) is 0 Å². The van der Waals surface area contributed by atoms with Crippen molar-refractivity contribution in [3.63, 3.8) is 0 Å². The number of esters is 1. The number of halogens is 1. The monoisotopic (exact) mass is 457 g/mol. The van der Waals surface area contributed by atoms with Gasteiger partial charge in [0, 0.05) is 0 Å². The van der Waals surface area contributed by atoms with Crippen molar-refractivity contribution in [1.29, 1.82) is 5.26 Å². The number of ether oxygens (including phenoxy) is 4. The van der Waals surface area contributed by atoms with Gasteiger partial charge in [-0.1, -0.05) is 37.6 Å². The number of benzene rings is 2. The fourth-order valence-corrected chi connectivity index (χ4v) is 3.18. The molecule has 2 aromatic carbocycles. The summed E-state index contributed by atoms with van der Waals surface area (Å²) in [5.74, 6) is 1.32. The molecule has 0 N–H and O–H groups in total. The SMILES string of the molecule is CCOC(=O)/C(C#N)=C/c1cc(Cl)c(OCCOc2ccc(C(C)CC)cc2)c(OC)c1. The molecule has 0 fully saturated rings. The molecule has 0 aromatic heterocycles. The second-order valence-electron chi connectivity index (χ2n) is 7.00. The van der Waals surface area contributed by atoms with E-state index in [4.69, 9.17) is 30.5 Å². The number of carbonyl (C=O) groups excluding carboxylic acids is 1. The zero-order valence-corrected chi connectivity index (χ0v) is 19.6. The molecule has 0 aliphatic heterocycles. The minimum Gasteiger partial charge on any atom is -0.493 e. The van der Waals surface area contributed by atoms with Crippen LogP contribution in [-0.4, -0.2) is 32.9 Å². The first-order valence-electron chi connectivity index (χ1n) is 10.4. The van der Waals surface area contributed by atoms with Crippen LogP contribution in [-0.2, 0) is 9.53 Å². The largest absolute Gasteiger partial charge is 0.493 e. The molecule has 2 aromatic rings. The Bertz CT molecular complexity index is 979. The van der Waals surface area contributed by atoms with E-state index in [1.54, 1.807) is 19.1 Å². The molecular weight excluding hydrogens is 430 g/mol. The molecule has 0 aliphatic rings. The highest BCUT2D eigenvalue weighted by atomic mass is 35.5. The molecule has 1 unspecified atom stereocenters. The quantitative estimate of drug-likeness (QED) is 0.184. The van der Waals surface area contributed by atoms with Crippen LogP contribution in [0.25, 0.3) is 6.08 Å². The van der Waals surface area contributed by atoms with Crippen LogP contribution in [0.5, 0.6) is 17.2 Å². The van der Waals surface area contributed by atoms with Crippen molar-refractivity contribution in [3.8, 4) is 23.3 Å². The summed E-state index contributed by atoms with van der Waals surface area (Å²) >= 11 is 6.36. The molecule has 0 radical (unpaired) electrons. The minimum atomic E-state index is -0.695. The average Bonchev–Trinajstić information content (AvgIpc) is 2.80. The molecule has 6 nitrogen and oxygen atoms in total. The van der Waals surface area contributed by atoms with Crippen molar-refractivity contribution < 1.29 is 23.7 Å². The van der Waals surface area contributed by atoms with Crippen molar-refractivity contribution in [2.24, 2.45) is 0 Å². The van der Waals surface area contributed by atoms with Gasteiger partial charge in [0.05, 0.1) is 18.7 Å². The summed E-state index contributed by atoms with van der Waals surface area (Å²) in [6.07, 6.45) is 2.48. The maximum absolute atomic E-state index is 11.8. The van der Waals surface area contributed by atoms with Gasteiger partial charge < -0.3 is 18.9 Å². The fraction of sp³-hybridized carbons (Fsp3) is 0.360. The van der Waals surface area contributed by atoms with Crippen molar-refractivity contribution in [2.75, 3.05) is 26.9 Å². The maximum atomic E-state index is 11.8. The van der Waals surface area contributed by atoms with Crippen LogP contribution < -0.4 is 14.2 Å². The Labute approximate surface area is 194 Å². The molecule has 0 aliphatic carbocycles. The van der Waals surface area contributed by atoms with Crippen molar-refractivity contribution in [1.82, 2.24) is 0 Å². The number of hydrogen-bond acceptors (Lipinski definition) is 6. The molecule has 0 saturated carbocycles. The van der Waals surface area contributed by atoms with Crippen molar-refractivity contribution in [3.05, 3.63) is 58.1 Å². The predicted octanol–water partition coefficient (Wildman–Crippen LogP) is 5.79. The van der Waals surface area contributed by atoms with E-state index >= 15 is 0 Å². The third kappa shape index (κ3) is 6.93. The Balaban J connectivity index is 2.03. The van der Waals surface area contributed by atoms with Crippen LogP contribution in [0.4, 0.5) is 0 Å². The molecule has 2 rings (SSSR count). The highest BCUT2D eigenvalue weighted by Crippen LogP contribution is 2.37. The predicted molar refractivity (Wildman–Crippen MR) is 124 cm³/mol. The van der Waals surface area contributed by atoms with E-state index < -0.39 is 5.97 Å². The summed E-state index contributed by atoms with van der Waals surface area (Å²) in [5, 5.41) is 9.49. The molecule has 0 bridgehead atoms. The summed E-state index contributed by atoms with van der Waals surface area (Å²) in [7, 11) is 1.48. The molecular formula is C25H28ClNO5. The third-order valence-electron chi connectivity index (χ3n) is 4.84. The van der Waals surface area contributed by atoms with Gasteiger partial charge in [0.25, 0.3) is 0 Å². The van der Waals surface area contributed by atoms with Gasteiger partial charge in [0.15, 0.2) is 11.5 Å². The molecule has 0 saturated heterocycles. The fourth-order valence-electron chi connectivity index (χ4n) is 2.91. The Kier molecular flexibility index (Phi) is 9.90.